The van der Waals surface area contributed by atoms with Crippen LogP contribution in [0.2, 0.25) is 0 Å². The van der Waals surface area contributed by atoms with Crippen molar-refractivity contribution in [1.82, 2.24) is 19.4 Å². The number of carbonyl (C=O) groups is 1. The molecule has 5 heteroatoms. The lowest BCUT2D eigenvalue weighted by atomic mass is 10.0. The summed E-state index contributed by atoms with van der Waals surface area (Å²) in [4.78, 5) is 23.4. The monoisotopic (exact) mass is 300 g/mol. The largest absolute Gasteiger partial charge is 0.342 e. The lowest BCUT2D eigenvalue weighted by Gasteiger charge is -2.20. The van der Waals surface area contributed by atoms with Gasteiger partial charge in [0, 0.05) is 38.7 Å². The van der Waals surface area contributed by atoms with Crippen LogP contribution in [0.3, 0.4) is 0 Å². The highest BCUT2D eigenvalue weighted by Gasteiger charge is 2.29. The number of fused-ring (bicyclic) bond motifs is 1. The second-order valence-electron chi connectivity index (χ2n) is 6.39. The van der Waals surface area contributed by atoms with Gasteiger partial charge in [-0.25, -0.2) is 9.97 Å². The SMILES string of the molecule is CCC(C)C(=O)N1CCC(Cc2nc3cccnc3n2C)C1. The molecule has 2 unspecified atom stereocenters. The maximum atomic E-state index is 12.3. The van der Waals surface area contributed by atoms with Crippen molar-refractivity contribution in [2.45, 2.75) is 33.1 Å². The van der Waals surface area contributed by atoms with Crippen LogP contribution in [0, 0.1) is 11.8 Å². The summed E-state index contributed by atoms with van der Waals surface area (Å²) in [7, 11) is 2.02. The van der Waals surface area contributed by atoms with Gasteiger partial charge in [-0.05, 0) is 30.9 Å². The summed E-state index contributed by atoms with van der Waals surface area (Å²) >= 11 is 0. The molecule has 0 N–H and O–H groups in total. The molecule has 0 spiro atoms. The van der Waals surface area contributed by atoms with Gasteiger partial charge in [0.1, 0.15) is 11.3 Å². The summed E-state index contributed by atoms with van der Waals surface area (Å²) in [5.41, 5.74) is 1.88. The second-order valence-corrected chi connectivity index (χ2v) is 6.39. The van der Waals surface area contributed by atoms with Gasteiger partial charge < -0.3 is 9.47 Å². The highest BCUT2D eigenvalue weighted by molar-refractivity contribution is 5.78. The Labute approximate surface area is 131 Å². The molecule has 0 radical (unpaired) electrons. The molecule has 3 rings (SSSR count). The molecule has 2 aromatic heterocycles. The number of pyridine rings is 1. The zero-order chi connectivity index (χ0) is 15.7. The Bertz CT molecular complexity index is 678. The first-order valence-electron chi connectivity index (χ1n) is 8.15. The molecular formula is C17H24N4O. The van der Waals surface area contributed by atoms with Gasteiger partial charge in [0.05, 0.1) is 0 Å². The molecule has 2 atom stereocenters. The third kappa shape index (κ3) is 2.72. The molecule has 1 aliphatic heterocycles. The van der Waals surface area contributed by atoms with Crippen molar-refractivity contribution in [3.63, 3.8) is 0 Å². The van der Waals surface area contributed by atoms with Crippen molar-refractivity contribution in [1.29, 1.82) is 0 Å². The lowest BCUT2D eigenvalue weighted by Crippen LogP contribution is -2.33. The van der Waals surface area contributed by atoms with E-state index in [9.17, 15) is 4.79 Å². The maximum absolute atomic E-state index is 12.3. The predicted molar refractivity (Wildman–Crippen MR) is 86.4 cm³/mol. The van der Waals surface area contributed by atoms with Gasteiger partial charge in [-0.3, -0.25) is 4.79 Å². The van der Waals surface area contributed by atoms with Gasteiger partial charge in [-0.15, -0.1) is 0 Å². The van der Waals surface area contributed by atoms with Gasteiger partial charge in [0.2, 0.25) is 5.91 Å². The number of carbonyl (C=O) groups excluding carboxylic acids is 1. The van der Waals surface area contributed by atoms with Crippen LogP contribution in [0.5, 0.6) is 0 Å². The molecule has 0 aliphatic carbocycles. The smallest absolute Gasteiger partial charge is 0.225 e. The summed E-state index contributed by atoms with van der Waals surface area (Å²) in [5.74, 6) is 2.01. The third-order valence-electron chi connectivity index (χ3n) is 4.82. The molecule has 118 valence electrons. The van der Waals surface area contributed by atoms with Crippen LogP contribution in [-0.4, -0.2) is 38.4 Å². The Morgan fingerprint density at radius 2 is 2.32 bits per heavy atom. The number of aromatic nitrogens is 3. The number of hydrogen-bond acceptors (Lipinski definition) is 3. The second kappa shape index (κ2) is 6.07. The Kier molecular flexibility index (Phi) is 4.14. The van der Waals surface area contributed by atoms with Gasteiger partial charge in [-0.2, -0.15) is 0 Å². The first-order valence-corrected chi connectivity index (χ1v) is 8.15. The Balaban J connectivity index is 1.69. The van der Waals surface area contributed by atoms with E-state index in [4.69, 9.17) is 4.98 Å². The van der Waals surface area contributed by atoms with Crippen LogP contribution < -0.4 is 0 Å². The van der Waals surface area contributed by atoms with Gasteiger partial charge in [0.15, 0.2) is 5.65 Å². The molecular weight excluding hydrogens is 276 g/mol. The normalized spacial score (nSPS) is 19.8. The molecule has 0 aromatic carbocycles. The number of amides is 1. The highest BCUT2D eigenvalue weighted by atomic mass is 16.2. The zero-order valence-corrected chi connectivity index (χ0v) is 13.6. The van der Waals surface area contributed by atoms with Crippen LogP contribution in [0.4, 0.5) is 0 Å². The van der Waals surface area contributed by atoms with Crippen molar-refractivity contribution in [2.24, 2.45) is 18.9 Å². The predicted octanol–water partition coefficient (Wildman–Crippen LogP) is 2.41. The fraction of sp³-hybridized carbons (Fsp3) is 0.588. The first-order chi connectivity index (χ1) is 10.6. The molecule has 3 heterocycles. The van der Waals surface area contributed by atoms with Crippen molar-refractivity contribution in [3.05, 3.63) is 24.2 Å². The van der Waals surface area contributed by atoms with E-state index < -0.39 is 0 Å². The minimum Gasteiger partial charge on any atom is -0.342 e. The van der Waals surface area contributed by atoms with E-state index in [1.807, 2.05) is 31.0 Å². The van der Waals surface area contributed by atoms with Crippen LogP contribution in [0.1, 0.15) is 32.5 Å². The van der Waals surface area contributed by atoms with E-state index in [0.29, 0.717) is 11.8 Å². The molecule has 1 fully saturated rings. The number of aryl methyl sites for hydroxylation is 1. The van der Waals surface area contributed by atoms with Crippen molar-refractivity contribution in [3.8, 4) is 0 Å². The number of hydrogen-bond donors (Lipinski definition) is 0. The van der Waals surface area contributed by atoms with Gasteiger partial charge >= 0.3 is 0 Å². The van der Waals surface area contributed by atoms with Gasteiger partial charge in [-0.1, -0.05) is 13.8 Å². The molecule has 1 aliphatic rings. The maximum Gasteiger partial charge on any atom is 0.225 e. The molecule has 5 nitrogen and oxygen atoms in total. The number of nitrogens with zero attached hydrogens (tertiary/aromatic N) is 4. The van der Waals surface area contributed by atoms with E-state index in [0.717, 1.165) is 49.3 Å². The summed E-state index contributed by atoms with van der Waals surface area (Å²) in [6.45, 7) is 5.84. The minimum atomic E-state index is 0.138. The molecule has 1 amide bonds. The molecule has 0 bridgehead atoms. The Morgan fingerprint density at radius 3 is 3.05 bits per heavy atom. The molecule has 22 heavy (non-hydrogen) atoms. The van der Waals surface area contributed by atoms with Crippen molar-refractivity contribution < 1.29 is 4.79 Å². The standard InChI is InChI=1S/C17H24N4O/c1-4-12(2)17(22)21-9-7-13(11-21)10-15-19-14-6-5-8-18-16(14)20(15)3/h5-6,8,12-13H,4,7,9-11H2,1-3H3. The van der Waals surface area contributed by atoms with E-state index in [-0.39, 0.29) is 5.92 Å². The van der Waals surface area contributed by atoms with Crippen LogP contribution in [0.25, 0.3) is 11.2 Å². The number of imidazole rings is 1. The third-order valence-corrected chi connectivity index (χ3v) is 4.82. The zero-order valence-electron chi connectivity index (χ0n) is 13.6. The molecule has 0 saturated carbocycles. The van der Waals surface area contributed by atoms with Crippen LogP contribution >= 0.6 is 0 Å². The van der Waals surface area contributed by atoms with E-state index in [1.54, 1.807) is 6.20 Å². The summed E-state index contributed by atoms with van der Waals surface area (Å²) in [6.07, 6.45) is 4.70. The van der Waals surface area contributed by atoms with Crippen LogP contribution in [0.15, 0.2) is 18.3 Å². The van der Waals surface area contributed by atoms with Gasteiger partial charge in [0.25, 0.3) is 0 Å². The van der Waals surface area contributed by atoms with E-state index >= 15 is 0 Å². The van der Waals surface area contributed by atoms with E-state index in [1.165, 1.54) is 0 Å². The Hall–Kier alpha value is -1.91. The lowest BCUT2D eigenvalue weighted by molar-refractivity contribution is -0.134. The van der Waals surface area contributed by atoms with Crippen LogP contribution in [-0.2, 0) is 18.3 Å². The summed E-state index contributed by atoms with van der Waals surface area (Å²) < 4.78 is 2.08. The topological polar surface area (TPSA) is 51.0 Å². The number of rotatable bonds is 4. The average molecular weight is 300 g/mol. The summed E-state index contributed by atoms with van der Waals surface area (Å²) in [5, 5.41) is 0. The first kappa shape index (κ1) is 15.0. The van der Waals surface area contributed by atoms with Crippen molar-refractivity contribution in [2.75, 3.05) is 13.1 Å². The van der Waals surface area contributed by atoms with E-state index in [2.05, 4.69) is 16.5 Å². The average Bonchev–Trinajstić information content (AvgIpc) is 3.12. The fourth-order valence-corrected chi connectivity index (χ4v) is 3.20. The Morgan fingerprint density at radius 1 is 1.50 bits per heavy atom. The fourth-order valence-electron chi connectivity index (χ4n) is 3.20. The summed E-state index contributed by atoms with van der Waals surface area (Å²) in [6, 6.07) is 3.92. The molecule has 1 saturated heterocycles. The highest BCUT2D eigenvalue weighted by Crippen LogP contribution is 2.23. The molecule has 2 aromatic rings. The van der Waals surface area contributed by atoms with Crippen molar-refractivity contribution >= 4 is 17.1 Å². The number of likely N-dealkylation sites (tertiary alicyclic amines) is 1. The minimum absolute atomic E-state index is 0.138. The quantitative estimate of drug-likeness (QED) is 0.871.